The smallest absolute Gasteiger partial charge is 0.416 e. The minimum atomic E-state index is -4.51. The van der Waals surface area contributed by atoms with Gasteiger partial charge in [-0.05, 0) is 48.7 Å². The van der Waals surface area contributed by atoms with Crippen LogP contribution in [0.25, 0.3) is 11.3 Å². The second-order valence-electron chi connectivity index (χ2n) is 9.93. The van der Waals surface area contributed by atoms with Gasteiger partial charge in [-0.15, -0.1) is 0 Å². The standard InChI is InChI=1S/C29H29F3N2O3/c30-29(31,32)23-9-3-8-21(15-23)28(36)34-14-13-25-22(18-34)17-26(37-25)20-7-4-10-24(16-20)33-27(35)12-11-19-5-1-2-6-19/h3-4,7-10,15-17,19H,1-2,5-6,11-14,18H2,(H,33,35). The first-order valence-corrected chi connectivity index (χ1v) is 12.7. The van der Waals surface area contributed by atoms with Crippen LogP contribution in [0.15, 0.2) is 59.0 Å². The molecule has 194 valence electrons. The van der Waals surface area contributed by atoms with Gasteiger partial charge in [0.25, 0.3) is 5.91 Å². The molecule has 1 fully saturated rings. The molecule has 5 nitrogen and oxygen atoms in total. The van der Waals surface area contributed by atoms with E-state index in [0.29, 0.717) is 36.8 Å². The van der Waals surface area contributed by atoms with E-state index >= 15 is 0 Å². The first-order valence-electron chi connectivity index (χ1n) is 12.7. The number of alkyl halides is 3. The maximum absolute atomic E-state index is 13.1. The number of fused-ring (bicyclic) bond motifs is 1. The normalized spacial score (nSPS) is 16.0. The van der Waals surface area contributed by atoms with Crippen LogP contribution < -0.4 is 5.32 Å². The van der Waals surface area contributed by atoms with Gasteiger partial charge in [0.1, 0.15) is 11.5 Å². The highest BCUT2D eigenvalue weighted by atomic mass is 19.4. The Morgan fingerprint density at radius 1 is 1.03 bits per heavy atom. The van der Waals surface area contributed by atoms with Crippen molar-refractivity contribution in [1.82, 2.24) is 4.90 Å². The van der Waals surface area contributed by atoms with Gasteiger partial charge in [0.05, 0.1) is 5.56 Å². The Morgan fingerprint density at radius 3 is 2.59 bits per heavy atom. The van der Waals surface area contributed by atoms with E-state index in [9.17, 15) is 22.8 Å². The summed E-state index contributed by atoms with van der Waals surface area (Å²) in [6.07, 6.45) is 2.36. The van der Waals surface area contributed by atoms with Crippen molar-refractivity contribution < 1.29 is 27.2 Å². The number of carbonyl (C=O) groups excluding carboxylic acids is 2. The molecule has 0 unspecified atom stereocenters. The number of furan rings is 1. The lowest BCUT2D eigenvalue weighted by Crippen LogP contribution is -2.35. The number of benzene rings is 2. The Kier molecular flexibility index (Phi) is 7.09. The number of hydrogen-bond donors (Lipinski definition) is 1. The zero-order valence-electron chi connectivity index (χ0n) is 20.4. The summed E-state index contributed by atoms with van der Waals surface area (Å²) in [6, 6.07) is 13.8. The molecule has 2 heterocycles. The lowest BCUT2D eigenvalue weighted by molar-refractivity contribution is -0.137. The summed E-state index contributed by atoms with van der Waals surface area (Å²) in [4.78, 5) is 26.9. The third kappa shape index (κ3) is 5.89. The second kappa shape index (κ2) is 10.4. The molecule has 1 N–H and O–H groups in total. The third-order valence-electron chi connectivity index (χ3n) is 7.28. The largest absolute Gasteiger partial charge is 0.461 e. The van der Waals surface area contributed by atoms with Crippen LogP contribution in [0.3, 0.4) is 0 Å². The molecule has 0 radical (unpaired) electrons. The number of amides is 2. The Hall–Kier alpha value is -3.55. The topological polar surface area (TPSA) is 62.6 Å². The summed E-state index contributed by atoms with van der Waals surface area (Å²) >= 11 is 0. The number of nitrogens with one attached hydrogen (secondary N) is 1. The van der Waals surface area contributed by atoms with Crippen LogP contribution in [-0.2, 0) is 23.9 Å². The lowest BCUT2D eigenvalue weighted by atomic mass is 10.0. The molecule has 1 aliphatic carbocycles. The molecule has 37 heavy (non-hydrogen) atoms. The fourth-order valence-corrected chi connectivity index (χ4v) is 5.27. The summed E-state index contributed by atoms with van der Waals surface area (Å²) in [5.41, 5.74) is 1.50. The third-order valence-corrected chi connectivity index (χ3v) is 7.28. The van der Waals surface area contributed by atoms with Crippen LogP contribution in [0.5, 0.6) is 0 Å². The summed E-state index contributed by atoms with van der Waals surface area (Å²) in [6.45, 7) is 0.609. The monoisotopic (exact) mass is 510 g/mol. The summed E-state index contributed by atoms with van der Waals surface area (Å²) in [5.74, 6) is 1.61. The Balaban J connectivity index is 1.25. The summed E-state index contributed by atoms with van der Waals surface area (Å²) < 4.78 is 45.3. The van der Waals surface area contributed by atoms with E-state index in [1.54, 1.807) is 0 Å². The van der Waals surface area contributed by atoms with E-state index in [0.717, 1.165) is 35.4 Å². The van der Waals surface area contributed by atoms with Crippen molar-refractivity contribution in [2.24, 2.45) is 5.92 Å². The Labute approximate surface area is 213 Å². The van der Waals surface area contributed by atoms with Gasteiger partial charge in [-0.2, -0.15) is 13.2 Å². The fourth-order valence-electron chi connectivity index (χ4n) is 5.27. The molecule has 0 atom stereocenters. The molecule has 1 saturated carbocycles. The van der Waals surface area contributed by atoms with Gasteiger partial charge in [0, 0.05) is 48.3 Å². The lowest BCUT2D eigenvalue weighted by Gasteiger charge is -2.26. The first-order chi connectivity index (χ1) is 17.8. The maximum atomic E-state index is 13.1. The van der Waals surface area contributed by atoms with Gasteiger partial charge in [-0.3, -0.25) is 9.59 Å². The van der Waals surface area contributed by atoms with Gasteiger partial charge in [-0.25, -0.2) is 0 Å². The van der Waals surface area contributed by atoms with Crippen LogP contribution in [0, 0.1) is 5.92 Å². The van der Waals surface area contributed by atoms with Crippen LogP contribution >= 0.6 is 0 Å². The molecule has 5 rings (SSSR count). The van der Waals surface area contributed by atoms with Gasteiger partial charge >= 0.3 is 6.18 Å². The van der Waals surface area contributed by atoms with E-state index in [1.807, 2.05) is 30.3 Å². The molecule has 8 heteroatoms. The van der Waals surface area contributed by atoms with E-state index in [4.69, 9.17) is 4.42 Å². The zero-order chi connectivity index (χ0) is 26.0. The van der Waals surface area contributed by atoms with E-state index in [1.165, 1.54) is 42.7 Å². The highest BCUT2D eigenvalue weighted by Crippen LogP contribution is 2.33. The highest BCUT2D eigenvalue weighted by Gasteiger charge is 2.32. The van der Waals surface area contributed by atoms with E-state index in [-0.39, 0.29) is 18.0 Å². The van der Waals surface area contributed by atoms with Crippen LogP contribution in [0.2, 0.25) is 0 Å². The fraction of sp³-hybridized carbons (Fsp3) is 0.379. The highest BCUT2D eigenvalue weighted by molar-refractivity contribution is 5.94. The molecule has 0 bridgehead atoms. The van der Waals surface area contributed by atoms with Crippen molar-refractivity contribution >= 4 is 17.5 Å². The van der Waals surface area contributed by atoms with E-state index in [2.05, 4.69) is 5.32 Å². The molecule has 0 spiro atoms. The molecule has 1 aromatic heterocycles. The minimum Gasteiger partial charge on any atom is -0.461 e. The van der Waals surface area contributed by atoms with E-state index < -0.39 is 17.6 Å². The van der Waals surface area contributed by atoms with Crippen molar-refractivity contribution in [2.45, 2.75) is 57.7 Å². The molecule has 2 aliphatic rings. The predicted octanol–water partition coefficient (Wildman–Crippen LogP) is 7.07. The van der Waals surface area contributed by atoms with Gasteiger partial charge in [-0.1, -0.05) is 43.9 Å². The number of rotatable bonds is 6. The Morgan fingerprint density at radius 2 is 1.81 bits per heavy atom. The molecular weight excluding hydrogens is 481 g/mol. The van der Waals surface area contributed by atoms with Crippen LogP contribution in [0.1, 0.15) is 65.8 Å². The number of nitrogens with zero attached hydrogens (tertiary/aromatic N) is 1. The van der Waals surface area contributed by atoms with Gasteiger partial charge in [0.15, 0.2) is 0 Å². The van der Waals surface area contributed by atoms with Crippen molar-refractivity contribution in [3.05, 3.63) is 77.0 Å². The average molecular weight is 511 g/mol. The second-order valence-corrected chi connectivity index (χ2v) is 9.93. The maximum Gasteiger partial charge on any atom is 0.416 e. The van der Waals surface area contributed by atoms with Crippen molar-refractivity contribution in [3.8, 4) is 11.3 Å². The number of halogens is 3. The summed E-state index contributed by atoms with van der Waals surface area (Å²) in [5, 5.41) is 2.98. The van der Waals surface area contributed by atoms with Crippen molar-refractivity contribution in [3.63, 3.8) is 0 Å². The molecule has 3 aromatic rings. The quantitative estimate of drug-likeness (QED) is 0.386. The molecule has 1 aliphatic heterocycles. The molecular formula is C29H29F3N2O3. The van der Waals surface area contributed by atoms with Crippen molar-refractivity contribution in [2.75, 3.05) is 11.9 Å². The van der Waals surface area contributed by atoms with Crippen LogP contribution in [0.4, 0.5) is 18.9 Å². The van der Waals surface area contributed by atoms with Crippen molar-refractivity contribution in [1.29, 1.82) is 0 Å². The minimum absolute atomic E-state index is 0.00605. The number of anilines is 1. The predicted molar refractivity (Wildman–Crippen MR) is 134 cm³/mol. The average Bonchev–Trinajstić information content (AvgIpc) is 3.56. The first kappa shape index (κ1) is 25.1. The number of hydrogen-bond acceptors (Lipinski definition) is 3. The molecule has 2 amide bonds. The Bertz CT molecular complexity index is 1290. The SMILES string of the molecule is O=C(CCC1CCCC1)Nc1cccc(-c2cc3c(o2)CCN(C(=O)c2cccc(C(F)(F)F)c2)C3)c1. The molecule has 2 aromatic carbocycles. The van der Waals surface area contributed by atoms with Gasteiger partial charge in [0.2, 0.25) is 5.91 Å². The zero-order valence-corrected chi connectivity index (χ0v) is 20.4. The van der Waals surface area contributed by atoms with Gasteiger partial charge < -0.3 is 14.6 Å². The number of carbonyl (C=O) groups is 2. The van der Waals surface area contributed by atoms with Crippen LogP contribution in [-0.4, -0.2) is 23.3 Å². The summed E-state index contributed by atoms with van der Waals surface area (Å²) in [7, 11) is 0. The molecule has 0 saturated heterocycles.